The molecule has 0 unspecified atom stereocenters. The van der Waals surface area contributed by atoms with Gasteiger partial charge in [-0.1, -0.05) is 27.2 Å². The molecule has 2 rings (SSSR count). The van der Waals surface area contributed by atoms with Crippen molar-refractivity contribution < 1.29 is 9.53 Å². The van der Waals surface area contributed by atoms with E-state index in [4.69, 9.17) is 10.5 Å². The molecule has 0 aliphatic carbocycles. The van der Waals surface area contributed by atoms with Crippen molar-refractivity contribution >= 4 is 17.4 Å². The Labute approximate surface area is 159 Å². The highest BCUT2D eigenvalue weighted by Gasteiger charge is 2.24. The highest BCUT2D eigenvalue weighted by Crippen LogP contribution is 2.18. The van der Waals surface area contributed by atoms with Crippen LogP contribution in [0.1, 0.15) is 33.6 Å². The molecule has 27 heavy (non-hydrogen) atoms. The number of carbonyl (C=O) groups excluding carboxylic acids is 1. The third kappa shape index (κ3) is 5.12. The lowest BCUT2D eigenvalue weighted by Crippen LogP contribution is -2.49. The molecule has 9 heteroatoms. The van der Waals surface area contributed by atoms with E-state index in [0.717, 1.165) is 17.4 Å². The van der Waals surface area contributed by atoms with Crippen LogP contribution in [0, 0.1) is 5.92 Å². The number of unbranched alkanes of at least 4 members (excludes halogenated alkanes) is 1. The molecule has 0 aromatic carbocycles. The number of nitrogen functional groups attached to an aromatic ring is 1. The Balaban J connectivity index is 2.45. The number of nitrogens with two attached hydrogens (primary N) is 1. The van der Waals surface area contributed by atoms with Gasteiger partial charge in [0.15, 0.2) is 0 Å². The number of nitrogens with zero attached hydrogens (tertiary/aromatic N) is 3. The zero-order chi connectivity index (χ0) is 20.0. The number of nitrogens with one attached hydrogen (secondary N) is 1. The highest BCUT2D eigenvalue weighted by atomic mass is 16.5. The summed E-state index contributed by atoms with van der Waals surface area (Å²) >= 11 is 0. The van der Waals surface area contributed by atoms with E-state index in [2.05, 4.69) is 5.32 Å². The van der Waals surface area contributed by atoms with Crippen molar-refractivity contribution in [2.24, 2.45) is 5.92 Å². The molecular weight excluding hydrogens is 350 g/mol. The maximum atomic E-state index is 13.0. The second-order valence-corrected chi connectivity index (χ2v) is 7.21. The molecule has 1 aromatic heterocycles. The molecule has 9 nitrogen and oxygen atoms in total. The predicted molar refractivity (Wildman–Crippen MR) is 105 cm³/mol. The van der Waals surface area contributed by atoms with E-state index in [1.54, 1.807) is 0 Å². The lowest BCUT2D eigenvalue weighted by molar-refractivity contribution is -0.121. The standard InChI is InChI=1S/C18H31N5O4/c1-4-5-6-22-16(19)15(21-7-9-27-10-8-21)17(25)23(18(22)26)12-14(24)20-11-13(2)3/h13H,4-12,19H2,1-3H3,(H,20,24). The summed E-state index contributed by atoms with van der Waals surface area (Å²) < 4.78 is 7.75. The minimum atomic E-state index is -0.539. The molecule has 0 saturated carbocycles. The summed E-state index contributed by atoms with van der Waals surface area (Å²) in [5.41, 5.74) is 5.44. The van der Waals surface area contributed by atoms with E-state index in [9.17, 15) is 14.4 Å². The number of morpholine rings is 1. The van der Waals surface area contributed by atoms with E-state index in [1.807, 2.05) is 25.7 Å². The number of hydrogen-bond donors (Lipinski definition) is 2. The minimum absolute atomic E-state index is 0.166. The third-order valence-corrected chi connectivity index (χ3v) is 4.51. The van der Waals surface area contributed by atoms with E-state index < -0.39 is 11.2 Å². The van der Waals surface area contributed by atoms with Crippen molar-refractivity contribution in [3.63, 3.8) is 0 Å². The van der Waals surface area contributed by atoms with Crippen LogP contribution < -0.4 is 27.2 Å². The van der Waals surface area contributed by atoms with E-state index in [1.165, 1.54) is 4.57 Å². The third-order valence-electron chi connectivity index (χ3n) is 4.51. The molecule has 1 amide bonds. The summed E-state index contributed by atoms with van der Waals surface area (Å²) in [6, 6.07) is 0. The van der Waals surface area contributed by atoms with Gasteiger partial charge < -0.3 is 20.7 Å². The van der Waals surface area contributed by atoms with Crippen molar-refractivity contribution in [3.8, 4) is 0 Å². The van der Waals surface area contributed by atoms with Gasteiger partial charge in [0.25, 0.3) is 5.56 Å². The largest absolute Gasteiger partial charge is 0.383 e. The first-order valence-electron chi connectivity index (χ1n) is 9.59. The van der Waals surface area contributed by atoms with Crippen LogP contribution >= 0.6 is 0 Å². The van der Waals surface area contributed by atoms with E-state index in [0.29, 0.717) is 39.4 Å². The number of rotatable bonds is 8. The SMILES string of the molecule is CCCCn1c(N)c(N2CCOCC2)c(=O)n(CC(=O)NCC(C)C)c1=O. The summed E-state index contributed by atoms with van der Waals surface area (Å²) in [7, 11) is 0. The van der Waals surface area contributed by atoms with Crippen LogP contribution in [0.4, 0.5) is 11.5 Å². The number of hydrogen-bond acceptors (Lipinski definition) is 6. The first-order valence-corrected chi connectivity index (χ1v) is 9.59. The van der Waals surface area contributed by atoms with Gasteiger partial charge in [-0.2, -0.15) is 0 Å². The number of carbonyl (C=O) groups is 1. The number of anilines is 2. The van der Waals surface area contributed by atoms with Crippen LogP contribution in [0.3, 0.4) is 0 Å². The Morgan fingerprint density at radius 2 is 1.89 bits per heavy atom. The maximum absolute atomic E-state index is 13.0. The molecule has 1 saturated heterocycles. The van der Waals surface area contributed by atoms with Crippen molar-refractivity contribution in [2.45, 2.75) is 46.7 Å². The normalized spacial score (nSPS) is 14.6. The number of aromatic nitrogens is 2. The van der Waals surface area contributed by atoms with Crippen LogP contribution in [0.15, 0.2) is 9.59 Å². The Kier molecular flexibility index (Phi) is 7.46. The molecule has 1 fully saturated rings. The van der Waals surface area contributed by atoms with Crippen molar-refractivity contribution in [3.05, 3.63) is 20.8 Å². The summed E-state index contributed by atoms with van der Waals surface area (Å²) in [4.78, 5) is 39.9. The average Bonchev–Trinajstić information content (AvgIpc) is 2.64. The first-order chi connectivity index (χ1) is 12.9. The van der Waals surface area contributed by atoms with Crippen molar-refractivity contribution in [2.75, 3.05) is 43.5 Å². The van der Waals surface area contributed by atoms with Gasteiger partial charge in [-0.3, -0.25) is 14.2 Å². The van der Waals surface area contributed by atoms with Gasteiger partial charge in [0.05, 0.1) is 13.2 Å². The monoisotopic (exact) mass is 381 g/mol. The second kappa shape index (κ2) is 9.59. The molecule has 3 N–H and O–H groups in total. The van der Waals surface area contributed by atoms with Gasteiger partial charge in [-0.05, 0) is 12.3 Å². The molecule has 1 aliphatic rings. The second-order valence-electron chi connectivity index (χ2n) is 7.21. The lowest BCUT2D eigenvalue weighted by atomic mass is 10.2. The van der Waals surface area contributed by atoms with Gasteiger partial charge in [0.1, 0.15) is 18.1 Å². The molecule has 1 aliphatic heterocycles. The fraction of sp³-hybridized carbons (Fsp3) is 0.722. The van der Waals surface area contributed by atoms with Crippen molar-refractivity contribution in [1.82, 2.24) is 14.5 Å². The molecule has 0 bridgehead atoms. The number of amides is 1. The summed E-state index contributed by atoms with van der Waals surface area (Å²) in [5.74, 6) is 0.0871. The molecule has 0 spiro atoms. The van der Waals surface area contributed by atoms with Gasteiger partial charge in [-0.25, -0.2) is 9.36 Å². The summed E-state index contributed by atoms with van der Waals surface area (Å²) in [6.45, 7) is 8.57. The smallest absolute Gasteiger partial charge is 0.333 e. The Hall–Kier alpha value is -2.29. The molecule has 2 heterocycles. The van der Waals surface area contributed by atoms with E-state index >= 15 is 0 Å². The van der Waals surface area contributed by atoms with Gasteiger partial charge in [-0.15, -0.1) is 0 Å². The quantitative estimate of drug-likeness (QED) is 0.656. The molecule has 152 valence electrons. The molecule has 0 radical (unpaired) electrons. The zero-order valence-electron chi connectivity index (χ0n) is 16.5. The average molecular weight is 381 g/mol. The van der Waals surface area contributed by atoms with Gasteiger partial charge in [0, 0.05) is 26.2 Å². The highest BCUT2D eigenvalue weighted by molar-refractivity contribution is 5.76. The van der Waals surface area contributed by atoms with Gasteiger partial charge in [0.2, 0.25) is 5.91 Å². The van der Waals surface area contributed by atoms with Crippen LogP contribution in [0.5, 0.6) is 0 Å². The van der Waals surface area contributed by atoms with Crippen molar-refractivity contribution in [1.29, 1.82) is 0 Å². The number of ether oxygens (including phenoxy) is 1. The maximum Gasteiger partial charge on any atom is 0.333 e. The first kappa shape index (κ1) is 21.0. The van der Waals surface area contributed by atoms with Gasteiger partial charge >= 0.3 is 5.69 Å². The fourth-order valence-corrected chi connectivity index (χ4v) is 2.97. The molecular formula is C18H31N5O4. The van der Waals surface area contributed by atoms with E-state index in [-0.39, 0.29) is 29.9 Å². The topological polar surface area (TPSA) is 112 Å². The Morgan fingerprint density at radius 3 is 2.48 bits per heavy atom. The van der Waals surface area contributed by atoms with Crippen LogP contribution in [0.25, 0.3) is 0 Å². The van der Waals surface area contributed by atoms with Crippen LogP contribution in [0.2, 0.25) is 0 Å². The van der Waals surface area contributed by atoms with Crippen LogP contribution in [-0.4, -0.2) is 47.9 Å². The summed E-state index contributed by atoms with van der Waals surface area (Å²) in [6.07, 6.45) is 1.64. The van der Waals surface area contributed by atoms with Crippen LogP contribution in [-0.2, 0) is 22.6 Å². The minimum Gasteiger partial charge on any atom is -0.383 e. The zero-order valence-corrected chi connectivity index (χ0v) is 16.5. The molecule has 1 aromatic rings. The Morgan fingerprint density at radius 1 is 1.22 bits per heavy atom. The summed E-state index contributed by atoms with van der Waals surface area (Å²) in [5, 5.41) is 2.75. The fourth-order valence-electron chi connectivity index (χ4n) is 2.97. The lowest BCUT2D eigenvalue weighted by Gasteiger charge is -2.30. The Bertz CT molecular complexity index is 762. The molecule has 0 atom stereocenters. The predicted octanol–water partition coefficient (Wildman–Crippen LogP) is 0.00110.